The highest BCUT2D eigenvalue weighted by molar-refractivity contribution is 5.93. The van der Waals surface area contributed by atoms with E-state index in [1.165, 1.54) is 39.0 Å². The van der Waals surface area contributed by atoms with Gasteiger partial charge < -0.3 is 9.64 Å². The van der Waals surface area contributed by atoms with E-state index in [1.54, 1.807) is 13.8 Å². The molecule has 0 aromatic heterocycles. The van der Waals surface area contributed by atoms with Gasteiger partial charge in [0.2, 0.25) is 5.91 Å². The molecule has 0 spiro atoms. The van der Waals surface area contributed by atoms with Gasteiger partial charge in [0.1, 0.15) is 0 Å². The molecule has 1 aliphatic carbocycles. The third-order valence-corrected chi connectivity index (χ3v) is 8.78. The van der Waals surface area contributed by atoms with Gasteiger partial charge in [-0.1, -0.05) is 136 Å². The van der Waals surface area contributed by atoms with Gasteiger partial charge >= 0.3 is 5.97 Å². The van der Waals surface area contributed by atoms with Gasteiger partial charge in [0.25, 0.3) is 0 Å². The maximum Gasteiger partial charge on any atom is 0.302 e. The van der Waals surface area contributed by atoms with Crippen LogP contribution in [0.25, 0.3) is 0 Å². The van der Waals surface area contributed by atoms with Crippen molar-refractivity contribution in [1.29, 1.82) is 0 Å². The fourth-order valence-corrected chi connectivity index (χ4v) is 6.36. The molecule has 0 bridgehead atoms. The number of ether oxygens (including phenoxy) is 1. The van der Waals surface area contributed by atoms with Crippen LogP contribution in [-0.2, 0) is 23.9 Å². The highest BCUT2D eigenvalue weighted by Gasteiger charge is 2.38. The van der Waals surface area contributed by atoms with Crippen molar-refractivity contribution in [2.75, 3.05) is 13.2 Å². The Bertz CT molecular complexity index is 986. The number of allylic oxidation sites excluding steroid dienone is 2. The Hall–Kier alpha value is -2.76. The molecule has 3 unspecified atom stereocenters. The molecule has 1 heterocycles. The number of unbranched alkanes of at least 4 members (excludes halogenated alkanes) is 1. The number of Topliss-reactive ketones (excluding diaryl/α,β-unsaturated/α-hetero) is 2. The van der Waals surface area contributed by atoms with Crippen molar-refractivity contribution in [3.05, 3.63) is 48.0 Å². The van der Waals surface area contributed by atoms with E-state index >= 15 is 0 Å². The molecule has 1 aromatic carbocycles. The predicted octanol–water partition coefficient (Wildman–Crippen LogP) is 11.2. The normalized spacial score (nSPS) is 16.9. The molecule has 1 amide bonds. The standard InChI is InChI=1S/C18H31NO2.C11H20O.C6H12O2.C6H6.C2H6/c1-3-4-11-16(15-9-6-5-7-10-15)18(21)19-13-8-12-17(19)14(2)20;1-5-7-9(3)11(8-6-2)10(4)12;1-5(2)4-8-6(3)7;1-2-4-6-5-3-1;1-2/h15-17H,3-13H2,1-2H3;8-9H,5-7H2,1-4H3;5H,4H2,1-3H3;1-6H;1-2H3/b;11-8+;;;. The number of hydrogen-bond donors (Lipinski definition) is 0. The van der Waals surface area contributed by atoms with Crippen LogP contribution in [0, 0.1) is 23.7 Å². The summed E-state index contributed by atoms with van der Waals surface area (Å²) in [6, 6.07) is 11.9. The lowest BCUT2D eigenvalue weighted by Gasteiger charge is -2.34. The van der Waals surface area contributed by atoms with E-state index in [9.17, 15) is 19.2 Å². The summed E-state index contributed by atoms with van der Waals surface area (Å²) in [5.74, 6) is 2.10. The summed E-state index contributed by atoms with van der Waals surface area (Å²) in [5, 5.41) is 0. The molecule has 1 saturated heterocycles. The SMILES string of the molecule is CC.CC(=O)OCC(C)C.CC/C=C(/C(C)=O)C(C)CCC.CCCCC(C(=O)N1CCCC1C(C)=O)C1CCCCC1.c1ccccc1. The number of esters is 1. The van der Waals surface area contributed by atoms with Crippen LogP contribution in [-0.4, -0.2) is 47.5 Å². The highest BCUT2D eigenvalue weighted by Crippen LogP contribution is 2.35. The van der Waals surface area contributed by atoms with E-state index in [4.69, 9.17) is 0 Å². The number of rotatable bonds is 13. The number of carbonyl (C=O) groups excluding carboxylic acids is 4. The van der Waals surface area contributed by atoms with Gasteiger partial charge in [-0.2, -0.15) is 0 Å². The summed E-state index contributed by atoms with van der Waals surface area (Å²) in [7, 11) is 0. The van der Waals surface area contributed by atoms with Gasteiger partial charge in [-0.25, -0.2) is 0 Å². The smallest absolute Gasteiger partial charge is 0.302 e. The van der Waals surface area contributed by atoms with Crippen LogP contribution in [0.2, 0.25) is 0 Å². The van der Waals surface area contributed by atoms with Gasteiger partial charge in [0, 0.05) is 19.4 Å². The van der Waals surface area contributed by atoms with Gasteiger partial charge in [-0.3, -0.25) is 19.2 Å². The maximum absolute atomic E-state index is 13.0. The van der Waals surface area contributed by atoms with E-state index in [1.807, 2.05) is 69.0 Å². The van der Waals surface area contributed by atoms with Crippen molar-refractivity contribution in [2.24, 2.45) is 23.7 Å². The van der Waals surface area contributed by atoms with Crippen LogP contribution in [0.5, 0.6) is 0 Å². The van der Waals surface area contributed by atoms with Crippen molar-refractivity contribution in [3.8, 4) is 0 Å². The lowest BCUT2D eigenvalue weighted by atomic mass is 9.77. The lowest BCUT2D eigenvalue weighted by Crippen LogP contribution is -2.45. The first-order valence-electron chi connectivity index (χ1n) is 19.6. The van der Waals surface area contributed by atoms with E-state index in [-0.39, 0.29) is 35.4 Å². The molecule has 3 atom stereocenters. The number of carbonyl (C=O) groups is 4. The topological polar surface area (TPSA) is 80.8 Å². The van der Waals surface area contributed by atoms with E-state index < -0.39 is 0 Å². The number of nitrogens with zero attached hydrogens (tertiary/aromatic N) is 1. The van der Waals surface area contributed by atoms with E-state index in [0.717, 1.165) is 63.5 Å². The number of ketones is 2. The molecule has 6 heteroatoms. The summed E-state index contributed by atoms with van der Waals surface area (Å²) in [5.41, 5.74) is 1.01. The van der Waals surface area contributed by atoms with E-state index in [2.05, 4.69) is 38.5 Å². The highest BCUT2D eigenvalue weighted by atomic mass is 16.5. The summed E-state index contributed by atoms with van der Waals surface area (Å²) in [4.78, 5) is 48.0. The molecular weight excluding hydrogens is 610 g/mol. The van der Waals surface area contributed by atoms with Crippen LogP contribution in [0.15, 0.2) is 48.0 Å². The van der Waals surface area contributed by atoms with Gasteiger partial charge in [0.05, 0.1) is 12.6 Å². The number of benzene rings is 1. The lowest BCUT2D eigenvalue weighted by molar-refractivity contribution is -0.142. The zero-order chi connectivity index (χ0) is 37.6. The van der Waals surface area contributed by atoms with Gasteiger partial charge in [0.15, 0.2) is 11.6 Å². The molecule has 6 nitrogen and oxygen atoms in total. The second kappa shape index (κ2) is 31.2. The summed E-state index contributed by atoms with van der Waals surface area (Å²) < 4.78 is 4.66. The molecule has 3 rings (SSSR count). The van der Waals surface area contributed by atoms with Gasteiger partial charge in [-0.05, 0) is 82.1 Å². The largest absolute Gasteiger partial charge is 0.466 e. The Morgan fingerprint density at radius 3 is 1.71 bits per heavy atom. The average molecular weight is 686 g/mol. The minimum Gasteiger partial charge on any atom is -0.466 e. The van der Waals surface area contributed by atoms with Crippen LogP contribution in [0.4, 0.5) is 0 Å². The average Bonchev–Trinajstić information content (AvgIpc) is 3.60. The van der Waals surface area contributed by atoms with Crippen LogP contribution >= 0.6 is 0 Å². The summed E-state index contributed by atoms with van der Waals surface area (Å²) >= 11 is 0. The molecule has 0 radical (unpaired) electrons. The Morgan fingerprint density at radius 1 is 0.776 bits per heavy atom. The predicted molar refractivity (Wildman–Crippen MR) is 207 cm³/mol. The molecule has 1 aromatic rings. The van der Waals surface area contributed by atoms with Crippen molar-refractivity contribution in [2.45, 2.75) is 166 Å². The zero-order valence-electron chi connectivity index (χ0n) is 33.5. The molecule has 2 aliphatic rings. The number of hydrogen-bond acceptors (Lipinski definition) is 5. The minimum absolute atomic E-state index is 0.134. The molecule has 49 heavy (non-hydrogen) atoms. The first-order chi connectivity index (χ1) is 23.4. The maximum atomic E-state index is 13.0. The number of amides is 1. The van der Waals surface area contributed by atoms with Gasteiger partial charge in [-0.15, -0.1) is 0 Å². The Kier molecular flexibility index (Phi) is 30.8. The first kappa shape index (κ1) is 48.4. The second-order valence-electron chi connectivity index (χ2n) is 13.6. The summed E-state index contributed by atoms with van der Waals surface area (Å²) in [6.07, 6.45) is 16.7. The third kappa shape index (κ3) is 23.3. The first-order valence-corrected chi connectivity index (χ1v) is 19.6. The Balaban J connectivity index is 0. The third-order valence-electron chi connectivity index (χ3n) is 8.78. The second-order valence-corrected chi connectivity index (χ2v) is 13.6. The van der Waals surface area contributed by atoms with Crippen molar-refractivity contribution in [3.63, 3.8) is 0 Å². The zero-order valence-corrected chi connectivity index (χ0v) is 33.5. The van der Waals surface area contributed by atoms with Crippen LogP contribution < -0.4 is 0 Å². The van der Waals surface area contributed by atoms with Crippen LogP contribution in [0.3, 0.4) is 0 Å². The fraction of sp³-hybridized carbons (Fsp3) is 0.721. The Labute approximate surface area is 302 Å². The molecule has 1 saturated carbocycles. The molecular formula is C43H75NO5. The molecule has 1 aliphatic heterocycles. The quantitative estimate of drug-likeness (QED) is 0.152. The molecule has 2 fully saturated rings. The molecule has 282 valence electrons. The van der Waals surface area contributed by atoms with Crippen molar-refractivity contribution in [1.82, 2.24) is 4.90 Å². The van der Waals surface area contributed by atoms with Crippen molar-refractivity contribution >= 4 is 23.4 Å². The van der Waals surface area contributed by atoms with E-state index in [0.29, 0.717) is 24.4 Å². The minimum atomic E-state index is -0.196. The van der Waals surface area contributed by atoms with Crippen molar-refractivity contribution < 1.29 is 23.9 Å². The fourth-order valence-electron chi connectivity index (χ4n) is 6.36. The summed E-state index contributed by atoms with van der Waals surface area (Å²) in [6.45, 7) is 22.6. The Morgan fingerprint density at radius 2 is 1.33 bits per heavy atom. The monoisotopic (exact) mass is 686 g/mol. The number of likely N-dealkylation sites (tertiary alicyclic amines) is 1. The van der Waals surface area contributed by atoms with Crippen LogP contribution in [0.1, 0.15) is 160 Å². The molecule has 0 N–H and O–H groups in total.